The number of rotatable bonds is 4. The highest BCUT2D eigenvalue weighted by Crippen LogP contribution is 2.15. The van der Waals surface area contributed by atoms with E-state index < -0.39 is 0 Å². The highest BCUT2D eigenvalue weighted by molar-refractivity contribution is 4.93. The van der Waals surface area contributed by atoms with Gasteiger partial charge in [0.15, 0.2) is 0 Å². The summed E-state index contributed by atoms with van der Waals surface area (Å²) in [7, 11) is 0. The van der Waals surface area contributed by atoms with Crippen molar-refractivity contribution in [2.45, 2.75) is 19.5 Å². The smallest absolute Gasteiger partial charge is 0.100 e. The van der Waals surface area contributed by atoms with E-state index in [4.69, 9.17) is 4.74 Å². The van der Waals surface area contributed by atoms with Crippen LogP contribution in [0.2, 0.25) is 0 Å². The van der Waals surface area contributed by atoms with E-state index in [1.165, 1.54) is 0 Å². The fraction of sp³-hybridized carbons (Fsp3) is 0.750. The van der Waals surface area contributed by atoms with Crippen LogP contribution in [-0.4, -0.2) is 34.8 Å². The van der Waals surface area contributed by atoms with Gasteiger partial charge in [0.05, 0.1) is 25.1 Å². The number of hydrogen-bond acceptors (Lipinski definition) is 4. The van der Waals surface area contributed by atoms with Crippen LogP contribution in [0.1, 0.15) is 18.7 Å². The summed E-state index contributed by atoms with van der Waals surface area (Å²) < 4.78 is 6.96. The SMILES string of the molecule is CCNCc1cn(C2COC2)nn1. The van der Waals surface area contributed by atoms with Gasteiger partial charge in [0, 0.05) is 6.54 Å². The van der Waals surface area contributed by atoms with Gasteiger partial charge < -0.3 is 10.1 Å². The molecule has 0 radical (unpaired) electrons. The third-order valence-corrected chi connectivity index (χ3v) is 2.11. The molecule has 0 atom stereocenters. The predicted octanol–water partition coefficient (Wildman–Crippen LogP) is -0.0411. The zero-order chi connectivity index (χ0) is 9.10. The van der Waals surface area contributed by atoms with E-state index in [1.54, 1.807) is 0 Å². The predicted molar refractivity (Wildman–Crippen MR) is 47.3 cm³/mol. The van der Waals surface area contributed by atoms with E-state index in [-0.39, 0.29) is 0 Å². The van der Waals surface area contributed by atoms with Crippen molar-refractivity contribution in [3.8, 4) is 0 Å². The molecule has 1 N–H and O–H groups in total. The van der Waals surface area contributed by atoms with Crippen LogP contribution in [0, 0.1) is 0 Å². The number of nitrogens with zero attached hydrogens (tertiary/aromatic N) is 3. The maximum absolute atomic E-state index is 5.08. The first-order valence-electron chi connectivity index (χ1n) is 4.59. The van der Waals surface area contributed by atoms with E-state index >= 15 is 0 Å². The summed E-state index contributed by atoms with van der Waals surface area (Å²) in [6, 6.07) is 0.405. The lowest BCUT2D eigenvalue weighted by Crippen LogP contribution is -2.31. The number of ether oxygens (including phenoxy) is 1. The molecule has 2 heterocycles. The molecule has 72 valence electrons. The number of aromatic nitrogens is 3. The molecule has 0 amide bonds. The van der Waals surface area contributed by atoms with Gasteiger partial charge in [-0.3, -0.25) is 0 Å². The van der Waals surface area contributed by atoms with Crippen molar-refractivity contribution in [1.29, 1.82) is 0 Å². The Morgan fingerprint density at radius 2 is 2.54 bits per heavy atom. The molecule has 2 rings (SSSR count). The molecule has 0 aromatic carbocycles. The van der Waals surface area contributed by atoms with Gasteiger partial charge in [-0.05, 0) is 6.54 Å². The molecule has 5 nitrogen and oxygen atoms in total. The standard InChI is InChI=1S/C8H14N4O/c1-2-9-3-7-4-12(11-10-7)8-5-13-6-8/h4,8-9H,2-3,5-6H2,1H3. The first-order chi connectivity index (χ1) is 6.40. The van der Waals surface area contributed by atoms with Crippen molar-refractivity contribution in [3.63, 3.8) is 0 Å². The van der Waals surface area contributed by atoms with E-state index in [9.17, 15) is 0 Å². The zero-order valence-electron chi connectivity index (χ0n) is 7.73. The van der Waals surface area contributed by atoms with Crippen molar-refractivity contribution in [2.24, 2.45) is 0 Å². The Kier molecular flexibility index (Phi) is 2.56. The van der Waals surface area contributed by atoms with Crippen LogP contribution in [0.4, 0.5) is 0 Å². The van der Waals surface area contributed by atoms with Gasteiger partial charge in [-0.2, -0.15) is 0 Å². The fourth-order valence-corrected chi connectivity index (χ4v) is 1.20. The Morgan fingerprint density at radius 1 is 1.69 bits per heavy atom. The third kappa shape index (κ3) is 1.87. The van der Waals surface area contributed by atoms with Gasteiger partial charge in [0.1, 0.15) is 6.04 Å². The van der Waals surface area contributed by atoms with Crippen molar-refractivity contribution in [1.82, 2.24) is 20.3 Å². The fourth-order valence-electron chi connectivity index (χ4n) is 1.20. The lowest BCUT2D eigenvalue weighted by atomic mass is 10.3. The molecule has 0 unspecified atom stereocenters. The average molecular weight is 182 g/mol. The largest absolute Gasteiger partial charge is 0.377 e. The summed E-state index contributed by atoms with van der Waals surface area (Å²) in [5.74, 6) is 0. The van der Waals surface area contributed by atoms with Crippen LogP contribution in [-0.2, 0) is 11.3 Å². The Labute approximate surface area is 77.1 Å². The number of nitrogens with one attached hydrogen (secondary N) is 1. The Morgan fingerprint density at radius 3 is 3.15 bits per heavy atom. The second-order valence-electron chi connectivity index (χ2n) is 3.16. The molecular weight excluding hydrogens is 168 g/mol. The molecule has 5 heteroatoms. The maximum atomic E-state index is 5.08. The molecule has 13 heavy (non-hydrogen) atoms. The van der Waals surface area contributed by atoms with Crippen LogP contribution >= 0.6 is 0 Å². The number of hydrogen-bond donors (Lipinski definition) is 1. The first-order valence-corrected chi connectivity index (χ1v) is 4.59. The molecule has 0 aliphatic carbocycles. The summed E-state index contributed by atoms with van der Waals surface area (Å²) in [4.78, 5) is 0. The highest BCUT2D eigenvalue weighted by Gasteiger charge is 2.21. The molecule has 1 fully saturated rings. The quantitative estimate of drug-likeness (QED) is 0.710. The second kappa shape index (κ2) is 3.85. The molecule has 0 spiro atoms. The van der Waals surface area contributed by atoms with Crippen LogP contribution < -0.4 is 5.32 Å². The monoisotopic (exact) mass is 182 g/mol. The average Bonchev–Trinajstić information content (AvgIpc) is 2.46. The molecular formula is C8H14N4O. The molecule has 1 aromatic heterocycles. The van der Waals surface area contributed by atoms with Crippen LogP contribution in [0.25, 0.3) is 0 Å². The highest BCUT2D eigenvalue weighted by atomic mass is 16.5. The third-order valence-electron chi connectivity index (χ3n) is 2.11. The minimum absolute atomic E-state index is 0.405. The topological polar surface area (TPSA) is 52.0 Å². The normalized spacial score (nSPS) is 17.3. The van der Waals surface area contributed by atoms with Crippen molar-refractivity contribution in [3.05, 3.63) is 11.9 Å². The van der Waals surface area contributed by atoms with E-state index in [2.05, 4.69) is 22.6 Å². The summed E-state index contributed by atoms with van der Waals surface area (Å²) in [6.45, 7) is 5.36. The van der Waals surface area contributed by atoms with Crippen molar-refractivity contribution >= 4 is 0 Å². The van der Waals surface area contributed by atoms with Crippen LogP contribution in [0.5, 0.6) is 0 Å². The van der Waals surface area contributed by atoms with Gasteiger partial charge in [0.2, 0.25) is 0 Å². The summed E-state index contributed by atoms with van der Waals surface area (Å²) in [5.41, 5.74) is 0.994. The van der Waals surface area contributed by atoms with Gasteiger partial charge in [-0.25, -0.2) is 4.68 Å². The minimum atomic E-state index is 0.405. The van der Waals surface area contributed by atoms with E-state index in [0.717, 1.165) is 32.0 Å². The minimum Gasteiger partial charge on any atom is -0.377 e. The summed E-state index contributed by atoms with van der Waals surface area (Å²) >= 11 is 0. The lowest BCUT2D eigenvalue weighted by molar-refractivity contribution is -0.0293. The lowest BCUT2D eigenvalue weighted by Gasteiger charge is -2.25. The van der Waals surface area contributed by atoms with Crippen molar-refractivity contribution in [2.75, 3.05) is 19.8 Å². The first kappa shape index (κ1) is 8.65. The Balaban J connectivity index is 1.92. The maximum Gasteiger partial charge on any atom is 0.100 e. The molecule has 1 aliphatic rings. The Hall–Kier alpha value is -0.940. The Bertz CT molecular complexity index is 269. The molecule has 1 saturated heterocycles. The van der Waals surface area contributed by atoms with Crippen LogP contribution in [0.3, 0.4) is 0 Å². The second-order valence-corrected chi connectivity index (χ2v) is 3.16. The van der Waals surface area contributed by atoms with Gasteiger partial charge in [-0.1, -0.05) is 12.1 Å². The van der Waals surface area contributed by atoms with Crippen molar-refractivity contribution < 1.29 is 4.74 Å². The van der Waals surface area contributed by atoms with E-state index in [1.807, 2.05) is 10.9 Å². The van der Waals surface area contributed by atoms with Gasteiger partial charge >= 0.3 is 0 Å². The summed E-state index contributed by atoms with van der Waals surface area (Å²) in [5, 5.41) is 11.3. The van der Waals surface area contributed by atoms with E-state index in [0.29, 0.717) is 6.04 Å². The molecule has 1 aromatic rings. The van der Waals surface area contributed by atoms with Crippen LogP contribution in [0.15, 0.2) is 6.20 Å². The van der Waals surface area contributed by atoms with Gasteiger partial charge in [-0.15, -0.1) is 5.10 Å². The van der Waals surface area contributed by atoms with Gasteiger partial charge in [0.25, 0.3) is 0 Å². The zero-order valence-corrected chi connectivity index (χ0v) is 7.73. The summed E-state index contributed by atoms with van der Waals surface area (Å²) in [6.07, 6.45) is 1.98. The molecule has 0 saturated carbocycles. The molecule has 1 aliphatic heterocycles. The molecule has 0 bridgehead atoms.